The standard InChI is InChI=1S/C21H29NO5Se/c1-21(2,3)26-20(24)22-14-12-16(13-15-22)18(10-11-19(23)27-25-4)28-17-8-6-5-7-9-17/h5-11,16,18H,12-15H2,1-4H3/b11-10+/t18-/m1/s1. The van der Waals surface area contributed by atoms with Crippen molar-refractivity contribution < 1.29 is 24.1 Å². The fourth-order valence-electron chi connectivity index (χ4n) is 2.97. The molecule has 0 bridgehead atoms. The van der Waals surface area contributed by atoms with E-state index in [2.05, 4.69) is 21.9 Å². The van der Waals surface area contributed by atoms with E-state index in [-0.39, 0.29) is 25.9 Å². The van der Waals surface area contributed by atoms with Gasteiger partial charge in [-0.2, -0.15) is 0 Å². The first kappa shape index (κ1) is 22.5. The van der Waals surface area contributed by atoms with Crippen molar-refractivity contribution in [1.29, 1.82) is 0 Å². The molecule has 0 spiro atoms. The van der Waals surface area contributed by atoms with E-state index < -0.39 is 11.6 Å². The Morgan fingerprint density at radius 3 is 2.39 bits per heavy atom. The molecule has 1 aliphatic heterocycles. The van der Waals surface area contributed by atoms with Crippen molar-refractivity contribution >= 4 is 31.5 Å². The molecule has 0 unspecified atom stereocenters. The molecule has 1 atom stereocenters. The van der Waals surface area contributed by atoms with Crippen LogP contribution in [-0.2, 0) is 19.3 Å². The quantitative estimate of drug-likeness (QED) is 0.286. The molecule has 1 fully saturated rings. The summed E-state index contributed by atoms with van der Waals surface area (Å²) in [7, 11) is 1.31. The Morgan fingerprint density at radius 1 is 1.18 bits per heavy atom. The summed E-state index contributed by atoms with van der Waals surface area (Å²) in [4.78, 5) is 34.9. The van der Waals surface area contributed by atoms with Gasteiger partial charge in [-0.25, -0.2) is 0 Å². The molecule has 0 radical (unpaired) electrons. The molecule has 7 heteroatoms. The Kier molecular flexibility index (Phi) is 8.55. The second kappa shape index (κ2) is 10.6. The van der Waals surface area contributed by atoms with Crippen LogP contribution in [0.15, 0.2) is 42.5 Å². The predicted molar refractivity (Wildman–Crippen MR) is 108 cm³/mol. The third-order valence-corrected chi connectivity index (χ3v) is 7.11. The molecule has 1 aromatic carbocycles. The molecule has 2 rings (SSSR count). The van der Waals surface area contributed by atoms with E-state index in [9.17, 15) is 9.59 Å². The van der Waals surface area contributed by atoms with Gasteiger partial charge in [0.1, 0.15) is 0 Å². The number of likely N-dealkylation sites (tertiary alicyclic amines) is 1. The number of benzene rings is 1. The van der Waals surface area contributed by atoms with Gasteiger partial charge in [0.2, 0.25) is 0 Å². The molecule has 154 valence electrons. The van der Waals surface area contributed by atoms with Crippen molar-refractivity contribution in [3.05, 3.63) is 42.5 Å². The number of allylic oxidation sites excluding steroid dienone is 1. The summed E-state index contributed by atoms with van der Waals surface area (Å²) in [6, 6.07) is 10.3. The van der Waals surface area contributed by atoms with Crippen LogP contribution in [0, 0.1) is 5.92 Å². The predicted octanol–water partition coefficient (Wildman–Crippen LogP) is 3.11. The average molecular weight is 454 g/mol. The van der Waals surface area contributed by atoms with Crippen molar-refractivity contribution in [3.8, 4) is 0 Å². The molecule has 1 amide bonds. The maximum atomic E-state index is 12.3. The Labute approximate surface area is 173 Å². The van der Waals surface area contributed by atoms with Crippen LogP contribution in [0.2, 0.25) is 4.82 Å². The Balaban J connectivity index is 2.01. The molecule has 6 nitrogen and oxygen atoms in total. The van der Waals surface area contributed by atoms with E-state index in [1.165, 1.54) is 17.6 Å². The van der Waals surface area contributed by atoms with Crippen LogP contribution in [0.1, 0.15) is 33.6 Å². The number of hydrogen-bond donors (Lipinski definition) is 0. The van der Waals surface area contributed by atoms with E-state index in [0.717, 1.165) is 12.8 Å². The molecular formula is C21H29NO5Se. The van der Waals surface area contributed by atoms with Crippen molar-refractivity contribution in [2.75, 3.05) is 20.2 Å². The number of carbonyl (C=O) groups excluding carboxylic acids is 2. The van der Waals surface area contributed by atoms with Crippen LogP contribution in [-0.4, -0.2) is 57.7 Å². The Morgan fingerprint density at radius 2 is 1.82 bits per heavy atom. The van der Waals surface area contributed by atoms with Crippen LogP contribution >= 0.6 is 0 Å². The summed E-state index contributed by atoms with van der Waals surface area (Å²) in [5.41, 5.74) is -0.489. The summed E-state index contributed by atoms with van der Waals surface area (Å²) < 4.78 is 6.75. The summed E-state index contributed by atoms with van der Waals surface area (Å²) in [6.07, 6.45) is 4.88. The van der Waals surface area contributed by atoms with Gasteiger partial charge in [0.25, 0.3) is 0 Å². The van der Waals surface area contributed by atoms with E-state index in [1.807, 2.05) is 45.0 Å². The normalized spacial score (nSPS) is 16.8. The third kappa shape index (κ3) is 7.66. The zero-order valence-corrected chi connectivity index (χ0v) is 18.6. The molecule has 0 aromatic heterocycles. The first-order valence-electron chi connectivity index (χ1n) is 9.41. The van der Waals surface area contributed by atoms with E-state index in [1.54, 1.807) is 4.90 Å². The van der Waals surface area contributed by atoms with Crippen molar-refractivity contribution in [1.82, 2.24) is 4.90 Å². The van der Waals surface area contributed by atoms with Crippen molar-refractivity contribution in [3.63, 3.8) is 0 Å². The molecule has 28 heavy (non-hydrogen) atoms. The molecular weight excluding hydrogens is 425 g/mol. The Bertz CT molecular complexity index is 663. The summed E-state index contributed by atoms with van der Waals surface area (Å²) in [5.74, 6) is -0.118. The number of nitrogens with zero attached hydrogens (tertiary/aromatic N) is 1. The van der Waals surface area contributed by atoms with Gasteiger partial charge in [0.15, 0.2) is 0 Å². The molecule has 0 saturated carbocycles. The van der Waals surface area contributed by atoms with Gasteiger partial charge in [-0.3, -0.25) is 0 Å². The van der Waals surface area contributed by atoms with Crippen LogP contribution < -0.4 is 4.46 Å². The molecule has 1 aromatic rings. The van der Waals surface area contributed by atoms with Gasteiger partial charge in [0, 0.05) is 0 Å². The topological polar surface area (TPSA) is 65.1 Å². The van der Waals surface area contributed by atoms with Crippen molar-refractivity contribution in [2.45, 2.75) is 44.0 Å². The molecule has 1 heterocycles. The fraction of sp³-hybridized carbons (Fsp3) is 0.524. The van der Waals surface area contributed by atoms with Gasteiger partial charge in [0.05, 0.1) is 0 Å². The number of hydrogen-bond acceptors (Lipinski definition) is 5. The van der Waals surface area contributed by atoms with E-state index in [0.29, 0.717) is 19.0 Å². The van der Waals surface area contributed by atoms with Crippen LogP contribution in [0.3, 0.4) is 0 Å². The minimum atomic E-state index is -0.512. The molecule has 1 saturated heterocycles. The first-order chi connectivity index (χ1) is 13.3. The second-order valence-corrected chi connectivity index (χ2v) is 10.3. The second-order valence-electron chi connectivity index (χ2n) is 7.63. The number of amides is 1. The van der Waals surface area contributed by atoms with Gasteiger partial charge in [-0.15, -0.1) is 0 Å². The first-order valence-corrected chi connectivity index (χ1v) is 11.3. The molecule has 0 aliphatic carbocycles. The number of ether oxygens (including phenoxy) is 1. The maximum absolute atomic E-state index is 12.3. The summed E-state index contributed by atoms with van der Waals surface area (Å²) >= 11 is 0.171. The zero-order chi connectivity index (χ0) is 20.6. The number of piperidine rings is 1. The van der Waals surface area contributed by atoms with Crippen LogP contribution in [0.25, 0.3) is 0 Å². The van der Waals surface area contributed by atoms with E-state index >= 15 is 0 Å². The fourth-order valence-corrected chi connectivity index (χ4v) is 5.59. The van der Waals surface area contributed by atoms with Gasteiger partial charge >= 0.3 is 173 Å². The van der Waals surface area contributed by atoms with E-state index in [4.69, 9.17) is 4.74 Å². The van der Waals surface area contributed by atoms with Crippen molar-refractivity contribution in [2.24, 2.45) is 5.92 Å². The van der Waals surface area contributed by atoms with Gasteiger partial charge < -0.3 is 0 Å². The van der Waals surface area contributed by atoms with Crippen LogP contribution in [0.5, 0.6) is 0 Å². The number of carbonyl (C=O) groups is 2. The zero-order valence-electron chi connectivity index (χ0n) is 16.9. The summed E-state index contributed by atoms with van der Waals surface area (Å²) in [6.45, 7) is 6.95. The summed E-state index contributed by atoms with van der Waals surface area (Å²) in [5, 5.41) is 0. The molecule has 1 aliphatic rings. The minimum absolute atomic E-state index is 0.171. The SMILES string of the molecule is COOC(=O)/C=C/[C@@H]([Se]c1ccccc1)C1CCN(C(=O)OC(C)(C)C)CC1. The third-order valence-electron chi connectivity index (χ3n) is 4.26. The van der Waals surface area contributed by atoms with Crippen LogP contribution in [0.4, 0.5) is 4.79 Å². The molecule has 0 N–H and O–H groups in total. The monoisotopic (exact) mass is 455 g/mol. The Hall–Kier alpha value is -1.82. The average Bonchev–Trinajstić information content (AvgIpc) is 2.65. The van der Waals surface area contributed by atoms with Gasteiger partial charge in [-0.05, 0) is 0 Å². The number of rotatable bonds is 6. The van der Waals surface area contributed by atoms with Gasteiger partial charge in [-0.1, -0.05) is 0 Å².